The molecule has 0 atom stereocenters. The molecule has 9 aromatic carbocycles. The maximum absolute atomic E-state index is 4.79. The van der Waals surface area contributed by atoms with Crippen molar-refractivity contribution in [3.8, 4) is 39.1 Å². The summed E-state index contributed by atoms with van der Waals surface area (Å²) in [5.41, 5.74) is 12.6. The van der Waals surface area contributed by atoms with E-state index in [0.717, 1.165) is 33.1 Å². The average Bonchev–Trinajstić information content (AvgIpc) is 3.58. The molecule has 0 aliphatic heterocycles. The highest BCUT2D eigenvalue weighted by Gasteiger charge is 2.14. The summed E-state index contributed by atoms with van der Waals surface area (Å²) < 4.78 is 2.38. The molecule has 0 aliphatic rings. The van der Waals surface area contributed by atoms with Crippen molar-refractivity contribution in [2.24, 2.45) is 0 Å². The van der Waals surface area contributed by atoms with Crippen LogP contribution >= 0.6 is 0 Å². The summed E-state index contributed by atoms with van der Waals surface area (Å²) in [6.45, 7) is 0. The van der Waals surface area contributed by atoms with Crippen molar-refractivity contribution in [3.63, 3.8) is 0 Å². The van der Waals surface area contributed by atoms with E-state index in [1.165, 1.54) is 71.2 Å². The number of hydrogen-bond acceptors (Lipinski definition) is 2. The lowest BCUT2D eigenvalue weighted by molar-refractivity contribution is 1.18. The fraction of sp³-hybridized carbons (Fsp3) is 0. The van der Waals surface area contributed by atoms with Gasteiger partial charge in [0.2, 0.25) is 0 Å². The third kappa shape index (κ3) is 4.75. The molecular formula is C50H31N3. The predicted molar refractivity (Wildman–Crippen MR) is 223 cm³/mol. The van der Waals surface area contributed by atoms with Gasteiger partial charge in [-0.15, -0.1) is 0 Å². The fourth-order valence-electron chi connectivity index (χ4n) is 8.32. The number of fused-ring (bicyclic) bond motifs is 10. The molecular weight excluding hydrogens is 643 g/mol. The average molecular weight is 674 g/mol. The number of aromatic nitrogens is 3. The topological polar surface area (TPSA) is 30.7 Å². The lowest BCUT2D eigenvalue weighted by Crippen LogP contribution is -1.94. The Hall–Kier alpha value is -7.10. The first-order chi connectivity index (χ1) is 26.3. The van der Waals surface area contributed by atoms with Gasteiger partial charge in [0.15, 0.2) is 0 Å². The number of benzene rings is 9. The zero-order chi connectivity index (χ0) is 34.9. The number of para-hydroxylation sites is 2. The van der Waals surface area contributed by atoms with Gasteiger partial charge in [-0.05, 0) is 103 Å². The molecule has 0 radical (unpaired) electrons. The summed E-state index contributed by atoms with van der Waals surface area (Å²) in [7, 11) is 0. The summed E-state index contributed by atoms with van der Waals surface area (Å²) in [4.78, 5) is 9.52. The van der Waals surface area contributed by atoms with Gasteiger partial charge in [-0.2, -0.15) is 0 Å². The summed E-state index contributed by atoms with van der Waals surface area (Å²) in [6.07, 6.45) is 3.57. The molecule has 0 N–H and O–H groups in total. The van der Waals surface area contributed by atoms with Crippen molar-refractivity contribution in [2.45, 2.75) is 0 Å². The Balaban J connectivity index is 0.951. The van der Waals surface area contributed by atoms with Crippen LogP contribution in [0.25, 0.3) is 104 Å². The number of nitrogens with zero attached hydrogens (tertiary/aromatic N) is 3. The molecule has 0 unspecified atom stereocenters. The Morgan fingerprint density at radius 2 is 0.774 bits per heavy atom. The molecule has 0 spiro atoms. The van der Waals surface area contributed by atoms with Gasteiger partial charge in [-0.25, -0.2) is 0 Å². The maximum atomic E-state index is 4.79. The van der Waals surface area contributed by atoms with E-state index in [2.05, 4.69) is 180 Å². The van der Waals surface area contributed by atoms with Crippen LogP contribution in [0.3, 0.4) is 0 Å². The van der Waals surface area contributed by atoms with Crippen molar-refractivity contribution < 1.29 is 0 Å². The van der Waals surface area contributed by atoms with Gasteiger partial charge in [0.05, 0.1) is 22.1 Å². The van der Waals surface area contributed by atoms with Gasteiger partial charge in [-0.3, -0.25) is 9.97 Å². The Labute approximate surface area is 306 Å². The first kappa shape index (κ1) is 29.6. The predicted octanol–water partition coefficient (Wildman–Crippen LogP) is 13.2. The second-order valence-electron chi connectivity index (χ2n) is 13.8. The van der Waals surface area contributed by atoms with Crippen LogP contribution in [0.15, 0.2) is 188 Å². The first-order valence-electron chi connectivity index (χ1n) is 18.1. The van der Waals surface area contributed by atoms with Gasteiger partial charge in [0.1, 0.15) is 0 Å². The van der Waals surface area contributed by atoms with Gasteiger partial charge >= 0.3 is 0 Å². The quantitative estimate of drug-likeness (QED) is 0.174. The lowest BCUT2D eigenvalue weighted by atomic mass is 9.93. The Kier molecular flexibility index (Phi) is 6.55. The van der Waals surface area contributed by atoms with Crippen molar-refractivity contribution in [2.75, 3.05) is 0 Å². The zero-order valence-electron chi connectivity index (χ0n) is 28.7. The molecule has 0 saturated heterocycles. The van der Waals surface area contributed by atoms with Crippen molar-refractivity contribution in [3.05, 3.63) is 188 Å². The summed E-state index contributed by atoms with van der Waals surface area (Å²) in [5, 5.41) is 9.64. The van der Waals surface area contributed by atoms with Crippen LogP contribution in [0.2, 0.25) is 0 Å². The molecule has 11 rings (SSSR count). The Morgan fingerprint density at radius 3 is 1.43 bits per heavy atom. The minimum absolute atomic E-state index is 0.937. The maximum Gasteiger partial charge on any atom is 0.0971 e. The summed E-state index contributed by atoms with van der Waals surface area (Å²) in [6, 6.07) is 63.9. The van der Waals surface area contributed by atoms with Gasteiger partial charge in [-0.1, -0.05) is 127 Å². The van der Waals surface area contributed by atoms with E-state index >= 15 is 0 Å². The molecule has 0 bridgehead atoms. The SMILES string of the molecule is c1cc(-c2ccc3cc(-c4cccc(-n5c6ccccc6c6ccccc65)c4)ccc3c2)cc(-c2ccc3c4ccccc4c4nccnc4c3c2)c1. The summed E-state index contributed by atoms with van der Waals surface area (Å²) >= 11 is 0. The van der Waals surface area contributed by atoms with Crippen LogP contribution < -0.4 is 0 Å². The van der Waals surface area contributed by atoms with Gasteiger partial charge < -0.3 is 4.57 Å². The van der Waals surface area contributed by atoms with Crippen LogP contribution in [0, 0.1) is 0 Å². The molecule has 2 heterocycles. The van der Waals surface area contributed by atoms with E-state index in [1.54, 1.807) is 12.4 Å². The minimum Gasteiger partial charge on any atom is -0.309 e. The monoisotopic (exact) mass is 673 g/mol. The zero-order valence-corrected chi connectivity index (χ0v) is 28.7. The Morgan fingerprint density at radius 1 is 0.302 bits per heavy atom. The second-order valence-corrected chi connectivity index (χ2v) is 13.8. The number of hydrogen-bond donors (Lipinski definition) is 0. The van der Waals surface area contributed by atoms with E-state index in [-0.39, 0.29) is 0 Å². The van der Waals surface area contributed by atoms with E-state index in [9.17, 15) is 0 Å². The molecule has 2 aromatic heterocycles. The highest BCUT2D eigenvalue weighted by molar-refractivity contribution is 6.23. The van der Waals surface area contributed by atoms with E-state index < -0.39 is 0 Å². The highest BCUT2D eigenvalue weighted by atomic mass is 15.0. The van der Waals surface area contributed by atoms with Gasteiger partial charge in [0, 0.05) is 39.6 Å². The third-order valence-corrected chi connectivity index (χ3v) is 10.8. The van der Waals surface area contributed by atoms with Crippen LogP contribution in [-0.2, 0) is 0 Å². The largest absolute Gasteiger partial charge is 0.309 e. The minimum atomic E-state index is 0.937. The van der Waals surface area contributed by atoms with Crippen LogP contribution in [-0.4, -0.2) is 14.5 Å². The second kappa shape index (κ2) is 11.7. The normalized spacial score (nSPS) is 11.8. The van der Waals surface area contributed by atoms with Crippen LogP contribution in [0.5, 0.6) is 0 Å². The van der Waals surface area contributed by atoms with Crippen molar-refractivity contribution in [1.29, 1.82) is 0 Å². The van der Waals surface area contributed by atoms with E-state index in [0.29, 0.717) is 0 Å². The molecule has 53 heavy (non-hydrogen) atoms. The van der Waals surface area contributed by atoms with Gasteiger partial charge in [0.25, 0.3) is 0 Å². The third-order valence-electron chi connectivity index (χ3n) is 10.8. The highest BCUT2D eigenvalue weighted by Crippen LogP contribution is 2.38. The van der Waals surface area contributed by atoms with Crippen LogP contribution in [0.1, 0.15) is 0 Å². The fourth-order valence-corrected chi connectivity index (χ4v) is 8.32. The molecule has 0 amide bonds. The van der Waals surface area contributed by atoms with E-state index in [4.69, 9.17) is 9.97 Å². The molecule has 0 fully saturated rings. The molecule has 3 nitrogen and oxygen atoms in total. The Bertz CT molecular complexity index is 3150. The standard InChI is InChI=1S/C50H31N3/c1-2-16-45-41(13-1)42-24-23-39(31-46(42)50-49(45)51-25-26-52-50)33-10-7-9-32(27-33)35-19-21-38-29-36(20-22-37(38)28-35)34-11-8-12-40(30-34)53-47-17-5-3-14-43(47)44-15-4-6-18-48(44)53/h1-31H. The summed E-state index contributed by atoms with van der Waals surface area (Å²) in [5.74, 6) is 0. The molecule has 246 valence electrons. The van der Waals surface area contributed by atoms with Crippen molar-refractivity contribution in [1.82, 2.24) is 14.5 Å². The molecule has 11 aromatic rings. The lowest BCUT2D eigenvalue weighted by Gasteiger charge is -2.12. The smallest absolute Gasteiger partial charge is 0.0971 e. The molecule has 0 aliphatic carbocycles. The van der Waals surface area contributed by atoms with E-state index in [1.807, 2.05) is 0 Å². The number of rotatable bonds is 4. The van der Waals surface area contributed by atoms with Crippen LogP contribution in [0.4, 0.5) is 0 Å². The van der Waals surface area contributed by atoms with Crippen molar-refractivity contribution >= 4 is 65.2 Å². The molecule has 0 saturated carbocycles. The molecule has 3 heteroatoms. The first-order valence-corrected chi connectivity index (χ1v) is 18.1.